The molecule has 0 amide bonds. The van der Waals surface area contributed by atoms with Crippen molar-refractivity contribution < 1.29 is 0 Å². The van der Waals surface area contributed by atoms with E-state index in [1.54, 1.807) is 0 Å². The number of hydrogen-bond acceptors (Lipinski definition) is 3. The van der Waals surface area contributed by atoms with Crippen molar-refractivity contribution in [3.8, 4) is 23.5 Å². The van der Waals surface area contributed by atoms with Gasteiger partial charge in [0.1, 0.15) is 17.7 Å². The standard InChI is InChI=1S/C49H41N5/c1-34-32-52(47-11-7-5-9-45(34)47)40-19-23-43(24-20-40)54(44-25-21-41(22-26-44)53-33-35(2)46-10-6-8-12-48(46)53)42-17-15-36(16-18-42)13-14-37-27-38(39(30-50)31-51)29-49(3,4)28-37/h5-27,32-33H,28-29H2,1-4H3/b14-13+. The highest BCUT2D eigenvalue weighted by molar-refractivity contribution is 5.87. The Morgan fingerprint density at radius 2 is 1.07 bits per heavy atom. The van der Waals surface area contributed by atoms with Crippen molar-refractivity contribution in [3.63, 3.8) is 0 Å². The van der Waals surface area contributed by atoms with Crippen LogP contribution in [0.4, 0.5) is 17.1 Å². The molecule has 8 rings (SSSR count). The van der Waals surface area contributed by atoms with Gasteiger partial charge in [0, 0.05) is 51.6 Å². The fourth-order valence-electron chi connectivity index (χ4n) is 7.93. The number of benzene rings is 5. The van der Waals surface area contributed by atoms with Crippen LogP contribution in [0, 0.1) is 41.9 Å². The third-order valence-electron chi connectivity index (χ3n) is 10.5. The first-order valence-corrected chi connectivity index (χ1v) is 18.4. The number of aryl methyl sites for hydroxylation is 2. The molecule has 5 heteroatoms. The molecule has 0 saturated carbocycles. The summed E-state index contributed by atoms with van der Waals surface area (Å²) in [6, 6.07) is 47.4. The average Bonchev–Trinajstić information content (AvgIpc) is 3.71. The lowest BCUT2D eigenvalue weighted by molar-refractivity contribution is 0.354. The molecule has 0 fully saturated rings. The molecule has 2 aromatic heterocycles. The fraction of sp³-hybridized carbons (Fsp3) is 0.143. The van der Waals surface area contributed by atoms with Crippen molar-refractivity contribution in [3.05, 3.63) is 179 Å². The second-order valence-electron chi connectivity index (χ2n) is 15.1. The summed E-state index contributed by atoms with van der Waals surface area (Å²) in [6.45, 7) is 8.70. The zero-order chi connectivity index (χ0) is 37.4. The molecular weight excluding hydrogens is 659 g/mol. The van der Waals surface area contributed by atoms with Crippen LogP contribution in [0.3, 0.4) is 0 Å². The maximum atomic E-state index is 9.50. The van der Waals surface area contributed by atoms with E-state index in [2.05, 4.69) is 200 Å². The Morgan fingerprint density at radius 1 is 0.611 bits per heavy atom. The molecule has 54 heavy (non-hydrogen) atoms. The summed E-state index contributed by atoms with van der Waals surface area (Å²) in [7, 11) is 0. The van der Waals surface area contributed by atoms with E-state index in [0.717, 1.165) is 58.0 Å². The number of nitrogens with zero attached hydrogens (tertiary/aromatic N) is 5. The largest absolute Gasteiger partial charge is 0.316 e. The molecule has 0 spiro atoms. The minimum atomic E-state index is -0.0290. The molecule has 0 aliphatic heterocycles. The van der Waals surface area contributed by atoms with Crippen LogP contribution in [0.5, 0.6) is 0 Å². The first kappa shape index (κ1) is 34.3. The van der Waals surface area contributed by atoms with Crippen molar-refractivity contribution in [2.45, 2.75) is 40.5 Å². The number of fused-ring (bicyclic) bond motifs is 2. The zero-order valence-electron chi connectivity index (χ0n) is 31.1. The number of nitriles is 2. The monoisotopic (exact) mass is 699 g/mol. The van der Waals surface area contributed by atoms with E-state index in [1.807, 2.05) is 6.08 Å². The lowest BCUT2D eigenvalue weighted by atomic mass is 9.74. The van der Waals surface area contributed by atoms with Crippen LogP contribution in [0.25, 0.3) is 39.3 Å². The van der Waals surface area contributed by atoms with Crippen LogP contribution in [-0.2, 0) is 0 Å². The van der Waals surface area contributed by atoms with Gasteiger partial charge >= 0.3 is 0 Å². The summed E-state index contributed by atoms with van der Waals surface area (Å²) in [5.41, 5.74) is 13.5. The summed E-state index contributed by atoms with van der Waals surface area (Å²) < 4.78 is 4.53. The van der Waals surface area contributed by atoms with E-state index in [-0.39, 0.29) is 11.0 Å². The Balaban J connectivity index is 1.14. The molecule has 0 bridgehead atoms. The van der Waals surface area contributed by atoms with Crippen LogP contribution >= 0.6 is 0 Å². The molecule has 262 valence electrons. The molecule has 1 aliphatic rings. The summed E-state index contributed by atoms with van der Waals surface area (Å²) in [4.78, 5) is 2.30. The molecule has 5 aromatic carbocycles. The Bertz CT molecular complexity index is 2560. The third-order valence-corrected chi connectivity index (χ3v) is 10.5. The van der Waals surface area contributed by atoms with Crippen LogP contribution in [0.1, 0.15) is 43.4 Å². The van der Waals surface area contributed by atoms with Gasteiger partial charge in [0.05, 0.1) is 11.0 Å². The van der Waals surface area contributed by atoms with E-state index in [4.69, 9.17) is 0 Å². The Kier molecular flexibility index (Phi) is 8.86. The van der Waals surface area contributed by atoms with Gasteiger partial charge in [-0.2, -0.15) is 10.5 Å². The molecule has 0 N–H and O–H groups in total. The van der Waals surface area contributed by atoms with E-state index in [9.17, 15) is 10.5 Å². The zero-order valence-corrected chi connectivity index (χ0v) is 31.1. The third kappa shape index (κ3) is 6.53. The first-order chi connectivity index (χ1) is 26.2. The summed E-state index contributed by atoms with van der Waals surface area (Å²) in [6.07, 6.45) is 12.3. The van der Waals surface area contributed by atoms with Crippen molar-refractivity contribution >= 4 is 44.9 Å². The number of aromatic nitrogens is 2. The summed E-state index contributed by atoms with van der Waals surface area (Å²) in [5.74, 6) is 0. The fourth-order valence-corrected chi connectivity index (χ4v) is 7.93. The Morgan fingerprint density at radius 3 is 1.56 bits per heavy atom. The number of allylic oxidation sites excluding steroid dienone is 5. The van der Waals surface area contributed by atoms with Crippen molar-refractivity contribution in [1.82, 2.24) is 9.13 Å². The molecule has 2 heterocycles. The van der Waals surface area contributed by atoms with Crippen LogP contribution in [0.2, 0.25) is 0 Å². The van der Waals surface area contributed by atoms with Gasteiger partial charge < -0.3 is 14.0 Å². The van der Waals surface area contributed by atoms with Crippen LogP contribution in [-0.4, -0.2) is 9.13 Å². The first-order valence-electron chi connectivity index (χ1n) is 18.4. The molecule has 7 aromatic rings. The van der Waals surface area contributed by atoms with Gasteiger partial charge in [-0.1, -0.05) is 80.6 Å². The minimum absolute atomic E-state index is 0.0290. The molecule has 0 radical (unpaired) electrons. The normalized spacial score (nSPS) is 13.9. The number of anilines is 3. The second-order valence-corrected chi connectivity index (χ2v) is 15.1. The average molecular weight is 700 g/mol. The van der Waals surface area contributed by atoms with Gasteiger partial charge in [-0.25, -0.2) is 0 Å². The Hall–Kier alpha value is -6.82. The maximum absolute atomic E-state index is 9.50. The SMILES string of the molecule is Cc1cn(-c2ccc(N(c3ccc(/C=C/C4=CC(=C(C#N)C#N)CC(C)(C)C4)cc3)c3ccc(-n4cc(C)c5ccccc54)cc3)cc2)c2ccccc12. The quantitative estimate of drug-likeness (QED) is 0.156. The van der Waals surface area contributed by atoms with Gasteiger partial charge in [0.25, 0.3) is 0 Å². The highest BCUT2D eigenvalue weighted by Crippen LogP contribution is 2.40. The number of para-hydroxylation sites is 2. The highest BCUT2D eigenvalue weighted by Gasteiger charge is 2.26. The molecule has 0 saturated heterocycles. The Labute approximate surface area is 317 Å². The summed E-state index contributed by atoms with van der Waals surface area (Å²) >= 11 is 0. The molecule has 5 nitrogen and oxygen atoms in total. The van der Waals surface area contributed by atoms with Gasteiger partial charge in [-0.15, -0.1) is 0 Å². The van der Waals surface area contributed by atoms with Crippen LogP contribution < -0.4 is 4.90 Å². The lowest BCUT2D eigenvalue weighted by Gasteiger charge is -2.30. The maximum Gasteiger partial charge on any atom is 0.132 e. The minimum Gasteiger partial charge on any atom is -0.316 e. The van der Waals surface area contributed by atoms with Crippen molar-refractivity contribution in [2.24, 2.45) is 5.41 Å². The van der Waals surface area contributed by atoms with Crippen molar-refractivity contribution in [2.75, 3.05) is 4.90 Å². The highest BCUT2D eigenvalue weighted by atomic mass is 15.1. The topological polar surface area (TPSA) is 60.7 Å². The predicted octanol–water partition coefficient (Wildman–Crippen LogP) is 12.8. The van der Waals surface area contributed by atoms with E-state index in [0.29, 0.717) is 0 Å². The van der Waals surface area contributed by atoms with Gasteiger partial charge in [0.15, 0.2) is 0 Å². The number of hydrogen-bond donors (Lipinski definition) is 0. The van der Waals surface area contributed by atoms with Gasteiger partial charge in [-0.05, 0) is 133 Å². The lowest BCUT2D eigenvalue weighted by Crippen LogP contribution is -2.17. The van der Waals surface area contributed by atoms with E-state index >= 15 is 0 Å². The predicted molar refractivity (Wildman–Crippen MR) is 223 cm³/mol. The van der Waals surface area contributed by atoms with Gasteiger partial charge in [0.2, 0.25) is 0 Å². The molecular formula is C49H41N5. The molecule has 0 atom stereocenters. The van der Waals surface area contributed by atoms with Gasteiger partial charge in [-0.3, -0.25) is 0 Å². The van der Waals surface area contributed by atoms with Crippen molar-refractivity contribution in [1.29, 1.82) is 10.5 Å². The second kappa shape index (κ2) is 14.0. The smallest absolute Gasteiger partial charge is 0.132 e. The van der Waals surface area contributed by atoms with E-state index in [1.165, 1.54) is 32.9 Å². The van der Waals surface area contributed by atoms with E-state index < -0.39 is 0 Å². The van der Waals surface area contributed by atoms with Crippen LogP contribution in [0.15, 0.2) is 163 Å². The molecule has 0 unspecified atom stereocenters. The molecule has 1 aliphatic carbocycles. The number of rotatable bonds is 7. The summed E-state index contributed by atoms with van der Waals surface area (Å²) in [5, 5.41) is 21.5.